The molecular formula is C21H27N7O2. The first-order chi connectivity index (χ1) is 14.6. The van der Waals surface area contributed by atoms with Gasteiger partial charge in [-0.05, 0) is 26.0 Å². The highest BCUT2D eigenvalue weighted by molar-refractivity contribution is 6.04. The van der Waals surface area contributed by atoms with Crippen molar-refractivity contribution < 1.29 is 9.53 Å². The number of likely N-dealkylation sites (N-methyl/N-ethyl adjacent to an activating group) is 1. The third-order valence-electron chi connectivity index (χ3n) is 5.14. The molecule has 3 heterocycles. The van der Waals surface area contributed by atoms with Gasteiger partial charge in [-0.2, -0.15) is 5.10 Å². The number of hydrogen-bond donors (Lipinski definition) is 2. The monoisotopic (exact) mass is 409 g/mol. The molecule has 2 N–H and O–H groups in total. The van der Waals surface area contributed by atoms with E-state index in [1.54, 1.807) is 10.9 Å². The van der Waals surface area contributed by atoms with E-state index in [-0.39, 0.29) is 11.6 Å². The summed E-state index contributed by atoms with van der Waals surface area (Å²) in [5, 5.41) is 11.7. The van der Waals surface area contributed by atoms with Crippen molar-refractivity contribution in [2.75, 3.05) is 36.5 Å². The number of aromatic nitrogens is 4. The maximum absolute atomic E-state index is 12.8. The van der Waals surface area contributed by atoms with E-state index in [4.69, 9.17) is 4.74 Å². The average Bonchev–Trinajstić information content (AvgIpc) is 3.34. The van der Waals surface area contributed by atoms with Gasteiger partial charge in [0.15, 0.2) is 0 Å². The van der Waals surface area contributed by atoms with Gasteiger partial charge in [0.25, 0.3) is 5.91 Å². The van der Waals surface area contributed by atoms with Crippen molar-refractivity contribution in [2.45, 2.75) is 26.3 Å². The molecule has 0 aliphatic carbocycles. The number of nitrogens with zero attached hydrogens (tertiary/aromatic N) is 5. The molecule has 1 aliphatic rings. The molecule has 1 fully saturated rings. The van der Waals surface area contributed by atoms with Crippen LogP contribution in [0.1, 0.15) is 30.8 Å². The van der Waals surface area contributed by atoms with Gasteiger partial charge in [0.05, 0.1) is 30.2 Å². The normalized spacial score (nSPS) is 16.2. The Labute approximate surface area is 175 Å². The van der Waals surface area contributed by atoms with E-state index in [0.717, 1.165) is 42.8 Å². The molecule has 9 heteroatoms. The number of nitrogens with one attached hydrogen (secondary N) is 2. The first-order valence-corrected chi connectivity index (χ1v) is 10.3. The topological polar surface area (TPSA) is 97.2 Å². The fraction of sp³-hybridized carbons (Fsp3) is 0.429. The number of ether oxygens (including phenoxy) is 1. The van der Waals surface area contributed by atoms with Crippen molar-refractivity contribution in [3.05, 3.63) is 36.4 Å². The summed E-state index contributed by atoms with van der Waals surface area (Å²) in [6.07, 6.45) is 6.16. The Balaban J connectivity index is 1.49. The lowest BCUT2D eigenvalue weighted by Crippen LogP contribution is -2.32. The lowest BCUT2D eigenvalue weighted by Gasteiger charge is -2.17. The molecule has 3 aromatic rings. The lowest BCUT2D eigenvalue weighted by molar-refractivity contribution is 0.102. The second-order valence-electron chi connectivity index (χ2n) is 7.35. The molecule has 9 nitrogen and oxygen atoms in total. The molecule has 1 amide bonds. The van der Waals surface area contributed by atoms with Crippen LogP contribution in [0.25, 0.3) is 10.9 Å². The van der Waals surface area contributed by atoms with Crippen LogP contribution in [-0.4, -0.2) is 57.9 Å². The fourth-order valence-corrected chi connectivity index (χ4v) is 3.76. The maximum atomic E-state index is 12.8. The summed E-state index contributed by atoms with van der Waals surface area (Å²) in [6.45, 7) is 7.28. The van der Waals surface area contributed by atoms with Gasteiger partial charge >= 0.3 is 0 Å². The average molecular weight is 409 g/mol. The van der Waals surface area contributed by atoms with Crippen LogP contribution in [0.5, 0.6) is 5.75 Å². The standard InChI is InChI=1S/C21H27N7O2/c1-4-22-15-6-7-28(13-15)20-11-23-18(10-24-20)21(29)25-17-8-14-12-27(3)26-16(14)9-19(17)30-5-2/h8-12,15,22H,4-7,13H2,1-3H3,(H,25,29)/t15-/m1/s1. The van der Waals surface area contributed by atoms with Gasteiger partial charge in [0.1, 0.15) is 17.3 Å². The van der Waals surface area contributed by atoms with Crippen molar-refractivity contribution in [1.29, 1.82) is 0 Å². The van der Waals surface area contributed by atoms with Crippen LogP contribution in [0.4, 0.5) is 11.5 Å². The molecule has 4 rings (SSSR count). The summed E-state index contributed by atoms with van der Waals surface area (Å²) in [4.78, 5) is 23.8. The van der Waals surface area contributed by atoms with Crippen molar-refractivity contribution in [1.82, 2.24) is 25.1 Å². The van der Waals surface area contributed by atoms with Crippen LogP contribution in [0.2, 0.25) is 0 Å². The number of rotatable bonds is 7. The molecule has 0 radical (unpaired) electrons. The van der Waals surface area contributed by atoms with E-state index in [0.29, 0.717) is 24.1 Å². The molecule has 0 bridgehead atoms. The highest BCUT2D eigenvalue weighted by Gasteiger charge is 2.23. The van der Waals surface area contributed by atoms with E-state index < -0.39 is 0 Å². The van der Waals surface area contributed by atoms with E-state index >= 15 is 0 Å². The molecule has 0 unspecified atom stereocenters. The molecule has 1 saturated heterocycles. The molecule has 1 atom stereocenters. The predicted molar refractivity (Wildman–Crippen MR) is 116 cm³/mol. The Kier molecular flexibility index (Phi) is 5.80. The van der Waals surface area contributed by atoms with E-state index in [1.165, 1.54) is 6.20 Å². The highest BCUT2D eigenvalue weighted by atomic mass is 16.5. The molecule has 30 heavy (non-hydrogen) atoms. The summed E-state index contributed by atoms with van der Waals surface area (Å²) in [6, 6.07) is 4.16. The largest absolute Gasteiger partial charge is 0.492 e. The molecule has 158 valence electrons. The predicted octanol–water partition coefficient (Wildman–Crippen LogP) is 2.20. The van der Waals surface area contributed by atoms with Crippen LogP contribution in [-0.2, 0) is 7.05 Å². The summed E-state index contributed by atoms with van der Waals surface area (Å²) in [5.41, 5.74) is 1.65. The summed E-state index contributed by atoms with van der Waals surface area (Å²) in [5.74, 6) is 1.04. The third kappa shape index (κ3) is 4.20. The summed E-state index contributed by atoms with van der Waals surface area (Å²) < 4.78 is 7.43. The number of carbonyl (C=O) groups excluding carboxylic acids is 1. The molecular weight excluding hydrogens is 382 g/mol. The molecule has 1 aromatic carbocycles. The van der Waals surface area contributed by atoms with E-state index in [9.17, 15) is 4.79 Å². The first kappa shape index (κ1) is 20.1. The minimum Gasteiger partial charge on any atom is -0.492 e. The summed E-state index contributed by atoms with van der Waals surface area (Å²) in [7, 11) is 1.86. The van der Waals surface area contributed by atoms with E-state index in [1.807, 2.05) is 32.3 Å². The van der Waals surface area contributed by atoms with Gasteiger partial charge in [-0.1, -0.05) is 6.92 Å². The van der Waals surface area contributed by atoms with Crippen molar-refractivity contribution in [3.63, 3.8) is 0 Å². The zero-order valence-corrected chi connectivity index (χ0v) is 17.6. The minimum atomic E-state index is -0.329. The third-order valence-corrected chi connectivity index (χ3v) is 5.14. The number of amides is 1. The van der Waals surface area contributed by atoms with E-state index in [2.05, 4.69) is 37.5 Å². The molecule has 0 saturated carbocycles. The van der Waals surface area contributed by atoms with Crippen LogP contribution in [0.15, 0.2) is 30.7 Å². The number of anilines is 2. The van der Waals surface area contributed by atoms with Crippen molar-refractivity contribution in [2.24, 2.45) is 7.05 Å². The zero-order valence-electron chi connectivity index (χ0n) is 17.6. The Morgan fingerprint density at radius 2 is 2.13 bits per heavy atom. The number of aryl methyl sites for hydroxylation is 1. The smallest absolute Gasteiger partial charge is 0.275 e. The SMILES string of the molecule is CCN[C@@H]1CCN(c2cnc(C(=O)Nc3cc4cn(C)nc4cc3OCC)cn2)C1. The number of benzene rings is 1. The van der Waals surface area contributed by atoms with Crippen LogP contribution in [0.3, 0.4) is 0 Å². The van der Waals surface area contributed by atoms with Gasteiger partial charge in [0, 0.05) is 43.8 Å². The fourth-order valence-electron chi connectivity index (χ4n) is 3.76. The number of fused-ring (bicyclic) bond motifs is 1. The Bertz CT molecular complexity index is 1030. The van der Waals surface area contributed by atoms with Gasteiger partial charge in [-0.25, -0.2) is 9.97 Å². The Hall–Kier alpha value is -3.20. The lowest BCUT2D eigenvalue weighted by atomic mass is 10.2. The van der Waals surface area contributed by atoms with Crippen LogP contribution >= 0.6 is 0 Å². The maximum Gasteiger partial charge on any atom is 0.275 e. The second-order valence-corrected chi connectivity index (χ2v) is 7.35. The Morgan fingerprint density at radius 1 is 1.27 bits per heavy atom. The van der Waals surface area contributed by atoms with Gasteiger partial charge in [-0.15, -0.1) is 0 Å². The number of carbonyl (C=O) groups is 1. The van der Waals surface area contributed by atoms with Crippen molar-refractivity contribution >= 4 is 28.3 Å². The quantitative estimate of drug-likeness (QED) is 0.617. The minimum absolute atomic E-state index is 0.259. The number of hydrogen-bond acceptors (Lipinski definition) is 7. The highest BCUT2D eigenvalue weighted by Crippen LogP contribution is 2.30. The van der Waals surface area contributed by atoms with Gasteiger partial charge in [-0.3, -0.25) is 9.48 Å². The molecule has 2 aromatic heterocycles. The van der Waals surface area contributed by atoms with Crippen LogP contribution in [0, 0.1) is 0 Å². The molecule has 0 spiro atoms. The van der Waals surface area contributed by atoms with Gasteiger partial charge in [0.2, 0.25) is 0 Å². The van der Waals surface area contributed by atoms with Crippen LogP contribution < -0.4 is 20.3 Å². The van der Waals surface area contributed by atoms with Crippen molar-refractivity contribution in [3.8, 4) is 5.75 Å². The Morgan fingerprint density at radius 3 is 2.87 bits per heavy atom. The second kappa shape index (κ2) is 8.66. The zero-order chi connectivity index (χ0) is 21.1. The van der Waals surface area contributed by atoms with Gasteiger partial charge < -0.3 is 20.3 Å². The summed E-state index contributed by atoms with van der Waals surface area (Å²) >= 11 is 0. The first-order valence-electron chi connectivity index (χ1n) is 10.3. The molecule has 1 aliphatic heterocycles.